The number of amides is 1. The van der Waals surface area contributed by atoms with Gasteiger partial charge in [0.25, 0.3) is 5.91 Å². The van der Waals surface area contributed by atoms with Crippen molar-refractivity contribution in [1.82, 2.24) is 14.8 Å². The van der Waals surface area contributed by atoms with E-state index in [0.717, 1.165) is 29.6 Å². The van der Waals surface area contributed by atoms with Crippen molar-refractivity contribution in [3.8, 4) is 0 Å². The number of nitrogens with zero attached hydrogens (tertiary/aromatic N) is 2. The van der Waals surface area contributed by atoms with Crippen LogP contribution in [0.4, 0.5) is 0 Å². The minimum absolute atomic E-state index is 0.0704. The third-order valence-electron chi connectivity index (χ3n) is 4.44. The van der Waals surface area contributed by atoms with Gasteiger partial charge in [0.05, 0.1) is 12.7 Å². The molecule has 6 heteroatoms. The van der Waals surface area contributed by atoms with Crippen LogP contribution in [0.3, 0.4) is 0 Å². The Bertz CT molecular complexity index is 677. The number of aromatic amines is 1. The Morgan fingerprint density at radius 1 is 1.29 bits per heavy atom. The molecule has 1 aliphatic rings. The van der Waals surface area contributed by atoms with Crippen LogP contribution >= 0.6 is 0 Å². The fourth-order valence-corrected chi connectivity index (χ4v) is 3.10. The number of hydrogen-bond donors (Lipinski definition) is 2. The highest BCUT2D eigenvalue weighted by molar-refractivity contribution is 5.98. The molecule has 1 atom stereocenters. The summed E-state index contributed by atoms with van der Waals surface area (Å²) in [5.41, 5.74) is 1.70. The molecule has 0 aliphatic carbocycles. The smallest absolute Gasteiger partial charge is 0.254 e. The first-order valence-electron chi connectivity index (χ1n) is 8.52. The minimum atomic E-state index is -0.470. The molecule has 0 radical (unpaired) electrons. The first kappa shape index (κ1) is 17.0. The number of piperazine rings is 1. The van der Waals surface area contributed by atoms with Crippen LogP contribution in [-0.2, 0) is 4.74 Å². The fourth-order valence-electron chi connectivity index (χ4n) is 3.10. The molecule has 0 spiro atoms. The topological polar surface area (TPSA) is 68.8 Å². The fraction of sp³-hybridized carbons (Fsp3) is 0.500. The molecule has 1 aromatic carbocycles. The molecule has 0 saturated carbocycles. The van der Waals surface area contributed by atoms with Gasteiger partial charge in [-0.15, -0.1) is 0 Å². The summed E-state index contributed by atoms with van der Waals surface area (Å²) in [6.45, 7) is 6.42. The number of carbonyl (C=O) groups excluding carboxylic acids is 1. The average molecular weight is 331 g/mol. The Morgan fingerprint density at radius 2 is 2.08 bits per heavy atom. The summed E-state index contributed by atoms with van der Waals surface area (Å²) in [6, 6.07) is 7.77. The highest BCUT2D eigenvalue weighted by Gasteiger charge is 2.23. The number of benzene rings is 1. The standard InChI is InChI=1S/C18H25N3O3/c1-2-24-13-16(22)12-20-7-9-21(10-8-20)18(23)15-4-3-14-5-6-19-17(14)11-15/h3-6,11,16,19,22H,2,7-10,12-13H2,1H3/t16-/m0/s1. The van der Waals surface area contributed by atoms with Crippen LogP contribution < -0.4 is 0 Å². The summed E-state index contributed by atoms with van der Waals surface area (Å²) in [7, 11) is 0. The Hall–Kier alpha value is -1.89. The third kappa shape index (κ3) is 3.95. The Labute approximate surface area is 142 Å². The molecular formula is C18H25N3O3. The molecule has 3 rings (SSSR count). The minimum Gasteiger partial charge on any atom is -0.389 e. The van der Waals surface area contributed by atoms with Crippen LogP contribution in [-0.4, -0.2) is 77.8 Å². The Balaban J connectivity index is 1.53. The van der Waals surface area contributed by atoms with Crippen molar-refractivity contribution in [3.05, 3.63) is 36.0 Å². The quantitative estimate of drug-likeness (QED) is 0.838. The van der Waals surface area contributed by atoms with Gasteiger partial charge >= 0.3 is 0 Å². The molecule has 6 nitrogen and oxygen atoms in total. The van der Waals surface area contributed by atoms with Gasteiger partial charge in [0.15, 0.2) is 0 Å². The maximum absolute atomic E-state index is 12.7. The van der Waals surface area contributed by atoms with Gasteiger partial charge in [-0.25, -0.2) is 0 Å². The van der Waals surface area contributed by atoms with Crippen LogP contribution in [0.1, 0.15) is 17.3 Å². The number of nitrogens with one attached hydrogen (secondary N) is 1. The van der Waals surface area contributed by atoms with E-state index in [1.807, 2.05) is 42.3 Å². The van der Waals surface area contributed by atoms with E-state index < -0.39 is 6.10 Å². The molecule has 1 aromatic heterocycles. The number of carbonyl (C=O) groups is 1. The molecule has 2 aromatic rings. The second-order valence-electron chi connectivity index (χ2n) is 6.19. The van der Waals surface area contributed by atoms with E-state index in [0.29, 0.717) is 32.8 Å². The third-order valence-corrected chi connectivity index (χ3v) is 4.44. The number of β-amino-alcohol motifs (C(OH)–C–C–N with tert-alkyl or cyclic N) is 1. The van der Waals surface area contributed by atoms with Gasteiger partial charge in [0.2, 0.25) is 0 Å². The van der Waals surface area contributed by atoms with Crippen molar-refractivity contribution in [1.29, 1.82) is 0 Å². The first-order valence-corrected chi connectivity index (χ1v) is 8.52. The molecule has 24 heavy (non-hydrogen) atoms. The average Bonchev–Trinajstić information content (AvgIpc) is 3.07. The predicted octanol–water partition coefficient (Wildman–Crippen LogP) is 1.32. The lowest BCUT2D eigenvalue weighted by atomic mass is 10.1. The molecule has 2 heterocycles. The lowest BCUT2D eigenvalue weighted by Gasteiger charge is -2.35. The normalized spacial score (nSPS) is 17.3. The predicted molar refractivity (Wildman–Crippen MR) is 93.1 cm³/mol. The summed E-state index contributed by atoms with van der Waals surface area (Å²) in [4.78, 5) is 19.9. The highest BCUT2D eigenvalue weighted by atomic mass is 16.5. The zero-order valence-electron chi connectivity index (χ0n) is 14.1. The summed E-state index contributed by atoms with van der Waals surface area (Å²) < 4.78 is 5.24. The molecule has 0 unspecified atom stereocenters. The van der Waals surface area contributed by atoms with Gasteiger partial charge in [-0.05, 0) is 30.5 Å². The molecular weight excluding hydrogens is 306 g/mol. The Kier molecular flexibility index (Phi) is 5.50. The van der Waals surface area contributed by atoms with Gasteiger partial charge in [0, 0.05) is 56.6 Å². The van der Waals surface area contributed by atoms with Crippen LogP contribution in [0.2, 0.25) is 0 Å². The van der Waals surface area contributed by atoms with Crippen molar-refractivity contribution < 1.29 is 14.6 Å². The van der Waals surface area contributed by atoms with Crippen LogP contribution in [0.15, 0.2) is 30.5 Å². The number of hydrogen-bond acceptors (Lipinski definition) is 4. The van der Waals surface area contributed by atoms with Gasteiger partial charge in [-0.2, -0.15) is 0 Å². The van der Waals surface area contributed by atoms with Gasteiger partial charge < -0.3 is 19.7 Å². The van der Waals surface area contributed by atoms with Gasteiger partial charge in [-0.3, -0.25) is 9.69 Å². The molecule has 1 amide bonds. The first-order chi connectivity index (χ1) is 11.7. The van der Waals surface area contributed by atoms with E-state index in [1.165, 1.54) is 0 Å². The number of H-pyrrole nitrogens is 1. The second-order valence-corrected chi connectivity index (χ2v) is 6.19. The number of aliphatic hydroxyl groups excluding tert-OH is 1. The second kappa shape index (κ2) is 7.79. The molecule has 1 aliphatic heterocycles. The molecule has 1 fully saturated rings. The van der Waals surface area contributed by atoms with Crippen molar-refractivity contribution >= 4 is 16.8 Å². The van der Waals surface area contributed by atoms with Gasteiger partial charge in [0.1, 0.15) is 0 Å². The monoisotopic (exact) mass is 331 g/mol. The number of fused-ring (bicyclic) bond motifs is 1. The van der Waals surface area contributed by atoms with Crippen LogP contribution in [0, 0.1) is 0 Å². The molecule has 1 saturated heterocycles. The number of rotatable bonds is 6. The highest BCUT2D eigenvalue weighted by Crippen LogP contribution is 2.16. The number of aliphatic hydroxyl groups is 1. The van der Waals surface area contributed by atoms with E-state index >= 15 is 0 Å². The van der Waals surface area contributed by atoms with Crippen molar-refractivity contribution in [2.45, 2.75) is 13.0 Å². The molecule has 0 bridgehead atoms. The van der Waals surface area contributed by atoms with Crippen LogP contribution in [0.5, 0.6) is 0 Å². The lowest BCUT2D eigenvalue weighted by molar-refractivity contribution is 0.0111. The summed E-state index contributed by atoms with van der Waals surface area (Å²) in [5.74, 6) is 0.0704. The van der Waals surface area contributed by atoms with Gasteiger partial charge in [-0.1, -0.05) is 6.07 Å². The van der Waals surface area contributed by atoms with Crippen LogP contribution in [0.25, 0.3) is 10.9 Å². The van der Waals surface area contributed by atoms with Crippen molar-refractivity contribution in [2.75, 3.05) is 45.9 Å². The summed E-state index contributed by atoms with van der Waals surface area (Å²) in [6.07, 6.45) is 1.41. The molecule has 2 N–H and O–H groups in total. The SMILES string of the molecule is CCOC[C@@H](O)CN1CCN(C(=O)c2ccc3cc[nH]c3c2)CC1. The maximum Gasteiger partial charge on any atom is 0.254 e. The van der Waals surface area contributed by atoms with E-state index in [9.17, 15) is 9.90 Å². The maximum atomic E-state index is 12.7. The van der Waals surface area contributed by atoms with E-state index in [4.69, 9.17) is 4.74 Å². The van der Waals surface area contributed by atoms with E-state index in [-0.39, 0.29) is 5.91 Å². The zero-order chi connectivity index (χ0) is 16.9. The zero-order valence-corrected chi connectivity index (χ0v) is 14.1. The number of aromatic nitrogens is 1. The molecule has 130 valence electrons. The van der Waals surface area contributed by atoms with Crippen molar-refractivity contribution in [2.24, 2.45) is 0 Å². The largest absolute Gasteiger partial charge is 0.389 e. The summed E-state index contributed by atoms with van der Waals surface area (Å²) in [5, 5.41) is 11.0. The van der Waals surface area contributed by atoms with E-state index in [1.54, 1.807) is 0 Å². The summed E-state index contributed by atoms with van der Waals surface area (Å²) >= 11 is 0. The van der Waals surface area contributed by atoms with E-state index in [2.05, 4.69) is 9.88 Å². The number of ether oxygens (including phenoxy) is 1. The van der Waals surface area contributed by atoms with Crippen molar-refractivity contribution in [3.63, 3.8) is 0 Å². The Morgan fingerprint density at radius 3 is 2.83 bits per heavy atom. The lowest BCUT2D eigenvalue weighted by Crippen LogP contribution is -2.50.